The highest BCUT2D eigenvalue weighted by Gasteiger charge is 2.32. The summed E-state index contributed by atoms with van der Waals surface area (Å²) in [5.41, 5.74) is 0. The van der Waals surface area contributed by atoms with E-state index in [0.29, 0.717) is 10.8 Å². The van der Waals surface area contributed by atoms with Crippen LogP contribution in [0.5, 0.6) is 0 Å². The van der Waals surface area contributed by atoms with Gasteiger partial charge in [-0.1, -0.05) is 19.3 Å². The lowest BCUT2D eigenvalue weighted by molar-refractivity contribution is 0.395. The first-order chi connectivity index (χ1) is 8.97. The molecule has 1 saturated carbocycles. The number of hydrogen-bond donors (Lipinski definition) is 1. The van der Waals surface area contributed by atoms with Gasteiger partial charge in [0.25, 0.3) is 0 Å². The highest BCUT2D eigenvalue weighted by Crippen LogP contribution is 2.38. The van der Waals surface area contributed by atoms with Crippen LogP contribution in [0.3, 0.4) is 0 Å². The van der Waals surface area contributed by atoms with E-state index in [0.717, 1.165) is 16.6 Å². The van der Waals surface area contributed by atoms with Crippen LogP contribution in [0.15, 0.2) is 20.1 Å². The van der Waals surface area contributed by atoms with Gasteiger partial charge in [0.2, 0.25) is 10.0 Å². The first-order valence-electron chi connectivity index (χ1n) is 6.28. The molecule has 0 aromatic carbocycles. The van der Waals surface area contributed by atoms with Crippen molar-refractivity contribution in [1.82, 2.24) is 4.72 Å². The second kappa shape index (κ2) is 6.47. The Kier molecular flexibility index (Phi) is 5.39. The monoisotopic (exact) mass is 383 g/mol. The smallest absolute Gasteiger partial charge is 0.209 e. The summed E-state index contributed by atoms with van der Waals surface area (Å²) in [5, 5.41) is 0. The Morgan fingerprint density at radius 1 is 1.37 bits per heavy atom. The second-order valence-corrected chi connectivity index (χ2v) is 10.6. The molecule has 0 bridgehead atoms. The van der Waals surface area contributed by atoms with Gasteiger partial charge >= 0.3 is 0 Å². The van der Waals surface area contributed by atoms with Gasteiger partial charge < -0.3 is 0 Å². The lowest BCUT2D eigenvalue weighted by Crippen LogP contribution is -2.41. The Morgan fingerprint density at radius 2 is 2.05 bits per heavy atom. The molecule has 1 fully saturated rings. The van der Waals surface area contributed by atoms with Gasteiger partial charge in [0.15, 0.2) is 0 Å². The Balaban J connectivity index is 2.04. The molecule has 3 nitrogen and oxygen atoms in total. The molecule has 1 aromatic heterocycles. The van der Waals surface area contributed by atoms with Crippen molar-refractivity contribution in [2.45, 2.75) is 41.1 Å². The number of nitrogens with one attached hydrogen (secondary N) is 1. The summed E-state index contributed by atoms with van der Waals surface area (Å²) >= 11 is 6.35. The number of thioether (sulfide) groups is 1. The van der Waals surface area contributed by atoms with E-state index >= 15 is 0 Å². The fourth-order valence-electron chi connectivity index (χ4n) is 2.39. The molecule has 1 N–H and O–H groups in total. The van der Waals surface area contributed by atoms with E-state index in [-0.39, 0.29) is 4.75 Å². The van der Waals surface area contributed by atoms with Crippen LogP contribution in [0.25, 0.3) is 0 Å². The number of thiophene rings is 1. The molecule has 0 radical (unpaired) electrons. The standard InChI is InChI=1S/C12H18BrNO2S3/c1-17-12(7-3-2-4-8-12)9-14-19(15,16)11-6-5-10(13)18-11/h5-6,14H,2-4,7-9H2,1H3. The highest BCUT2D eigenvalue weighted by molar-refractivity contribution is 9.11. The molecule has 1 aliphatic rings. The van der Waals surface area contributed by atoms with Crippen LogP contribution in [0, 0.1) is 0 Å². The summed E-state index contributed by atoms with van der Waals surface area (Å²) in [7, 11) is -3.36. The molecular formula is C12H18BrNO2S3. The molecule has 0 amide bonds. The summed E-state index contributed by atoms with van der Waals surface area (Å²) in [6.07, 6.45) is 7.96. The maximum Gasteiger partial charge on any atom is 0.250 e. The zero-order valence-corrected chi connectivity index (χ0v) is 14.9. The Hall–Kier alpha value is 0.440. The molecule has 19 heavy (non-hydrogen) atoms. The average molecular weight is 384 g/mol. The zero-order valence-electron chi connectivity index (χ0n) is 10.8. The van der Waals surface area contributed by atoms with Gasteiger partial charge in [-0.15, -0.1) is 11.3 Å². The maximum atomic E-state index is 12.2. The summed E-state index contributed by atoms with van der Waals surface area (Å²) in [5.74, 6) is 0. The van der Waals surface area contributed by atoms with Gasteiger partial charge in [-0.25, -0.2) is 13.1 Å². The minimum Gasteiger partial charge on any atom is -0.209 e. The molecule has 2 rings (SSSR count). The van der Waals surface area contributed by atoms with E-state index in [2.05, 4.69) is 26.9 Å². The van der Waals surface area contributed by atoms with Crippen molar-refractivity contribution in [3.05, 3.63) is 15.9 Å². The van der Waals surface area contributed by atoms with Crippen LogP contribution in [0.4, 0.5) is 0 Å². The molecule has 108 valence electrons. The van der Waals surface area contributed by atoms with Crippen molar-refractivity contribution in [2.24, 2.45) is 0 Å². The first-order valence-corrected chi connectivity index (χ1v) is 10.6. The van der Waals surface area contributed by atoms with E-state index in [1.54, 1.807) is 23.9 Å². The number of hydrogen-bond acceptors (Lipinski definition) is 4. The van der Waals surface area contributed by atoms with Crippen LogP contribution < -0.4 is 4.72 Å². The summed E-state index contributed by atoms with van der Waals surface area (Å²) in [4.78, 5) is 0. The highest BCUT2D eigenvalue weighted by atomic mass is 79.9. The van der Waals surface area contributed by atoms with Crippen molar-refractivity contribution in [2.75, 3.05) is 12.8 Å². The number of sulfonamides is 1. The summed E-state index contributed by atoms with van der Waals surface area (Å²) in [6.45, 7) is 0.534. The lowest BCUT2D eigenvalue weighted by Gasteiger charge is -2.35. The van der Waals surface area contributed by atoms with E-state index < -0.39 is 10.0 Å². The van der Waals surface area contributed by atoms with Crippen LogP contribution in [0.1, 0.15) is 32.1 Å². The largest absolute Gasteiger partial charge is 0.250 e. The second-order valence-electron chi connectivity index (χ2n) is 4.83. The SMILES string of the molecule is CSC1(CNS(=O)(=O)c2ccc(Br)s2)CCCCC1. The molecule has 1 aromatic rings. The molecule has 0 spiro atoms. The topological polar surface area (TPSA) is 46.2 Å². The van der Waals surface area contributed by atoms with Crippen molar-refractivity contribution < 1.29 is 8.42 Å². The molecule has 0 unspecified atom stereocenters. The predicted molar refractivity (Wildman–Crippen MR) is 86.5 cm³/mol. The summed E-state index contributed by atoms with van der Waals surface area (Å²) in [6, 6.07) is 3.41. The van der Waals surface area contributed by atoms with Crippen LogP contribution in [0.2, 0.25) is 0 Å². The van der Waals surface area contributed by atoms with E-state index in [9.17, 15) is 8.42 Å². The number of halogens is 1. The van der Waals surface area contributed by atoms with E-state index in [1.807, 2.05) is 0 Å². The summed E-state index contributed by atoms with van der Waals surface area (Å²) < 4.78 is 28.5. The Morgan fingerprint density at radius 3 is 2.58 bits per heavy atom. The van der Waals surface area contributed by atoms with Crippen molar-refractivity contribution in [3.8, 4) is 0 Å². The van der Waals surface area contributed by atoms with Crippen molar-refractivity contribution in [1.29, 1.82) is 0 Å². The maximum absolute atomic E-state index is 12.2. The zero-order chi connectivity index (χ0) is 13.9. The third kappa shape index (κ3) is 3.97. The van der Waals surface area contributed by atoms with Crippen molar-refractivity contribution in [3.63, 3.8) is 0 Å². The molecule has 0 saturated heterocycles. The molecule has 0 atom stereocenters. The Labute approximate surface area is 131 Å². The molecule has 0 aliphatic heterocycles. The van der Waals surface area contributed by atoms with Gasteiger partial charge in [0.1, 0.15) is 4.21 Å². The Bertz CT molecular complexity index is 521. The van der Waals surface area contributed by atoms with Crippen LogP contribution in [-0.2, 0) is 10.0 Å². The molecule has 1 aliphatic carbocycles. The third-order valence-electron chi connectivity index (χ3n) is 3.60. The molecule has 1 heterocycles. The molecule has 7 heteroatoms. The fraction of sp³-hybridized carbons (Fsp3) is 0.667. The van der Waals surface area contributed by atoms with Gasteiger partial charge in [-0.3, -0.25) is 0 Å². The molecular weight excluding hydrogens is 366 g/mol. The van der Waals surface area contributed by atoms with Crippen LogP contribution in [-0.4, -0.2) is 26.0 Å². The lowest BCUT2D eigenvalue weighted by atomic mass is 9.88. The van der Waals surface area contributed by atoms with Crippen molar-refractivity contribution >= 4 is 49.1 Å². The number of rotatable bonds is 5. The van der Waals surface area contributed by atoms with E-state index in [1.165, 1.54) is 30.6 Å². The predicted octanol–water partition coefficient (Wildman–Crippen LogP) is 3.85. The third-order valence-corrected chi connectivity index (χ3v) is 8.53. The van der Waals surface area contributed by atoms with Crippen LogP contribution >= 0.6 is 39.0 Å². The van der Waals surface area contributed by atoms with Gasteiger partial charge in [-0.2, -0.15) is 11.8 Å². The normalized spacial score (nSPS) is 19.5. The van der Waals surface area contributed by atoms with Gasteiger partial charge in [0, 0.05) is 11.3 Å². The average Bonchev–Trinajstić information content (AvgIpc) is 2.85. The van der Waals surface area contributed by atoms with Gasteiger partial charge in [0.05, 0.1) is 3.79 Å². The quantitative estimate of drug-likeness (QED) is 0.839. The first kappa shape index (κ1) is 15.8. The van der Waals surface area contributed by atoms with E-state index in [4.69, 9.17) is 0 Å². The fourth-order valence-corrected chi connectivity index (χ4v) is 6.58. The minimum atomic E-state index is -3.36. The van der Waals surface area contributed by atoms with Gasteiger partial charge in [-0.05, 0) is 47.2 Å². The minimum absolute atomic E-state index is 0.0831.